The van der Waals surface area contributed by atoms with Crippen molar-refractivity contribution in [2.75, 3.05) is 38.1 Å². The molecule has 1 aromatic heterocycles. The summed E-state index contributed by atoms with van der Waals surface area (Å²) in [6.45, 7) is 3.42. The van der Waals surface area contributed by atoms with Gasteiger partial charge in [-0.05, 0) is 61.7 Å². The fraction of sp³-hybridized carbons (Fsp3) is 0.474. The Kier molecular flexibility index (Phi) is 5.49. The third-order valence-corrected chi connectivity index (χ3v) is 8.62. The lowest BCUT2D eigenvalue weighted by atomic mass is 10.0. The van der Waals surface area contributed by atoms with E-state index in [9.17, 15) is 8.42 Å². The van der Waals surface area contributed by atoms with Gasteiger partial charge in [0.15, 0.2) is 0 Å². The highest BCUT2D eigenvalue weighted by molar-refractivity contribution is 7.91. The highest BCUT2D eigenvalue weighted by Gasteiger charge is 2.27. The monoisotopic (exact) mass is 425 g/mol. The fourth-order valence-corrected chi connectivity index (χ4v) is 6.57. The van der Waals surface area contributed by atoms with Crippen molar-refractivity contribution in [2.45, 2.75) is 29.5 Å². The van der Waals surface area contributed by atoms with Crippen molar-refractivity contribution in [1.82, 2.24) is 9.62 Å². The van der Waals surface area contributed by atoms with Crippen LogP contribution < -0.4 is 9.62 Å². The van der Waals surface area contributed by atoms with E-state index in [0.717, 1.165) is 50.2 Å². The SMILES string of the molecule is CN1CCc2cc([C@H](CNS(=O)(=O)c3ccc(Cl)s3)N3CCCC3)ccc21. The lowest BCUT2D eigenvalue weighted by Crippen LogP contribution is -2.36. The molecular formula is C19H24ClN3O2S2. The standard InChI is InChI=1S/C19H24ClN3O2S2/c1-22-11-8-15-12-14(4-5-16(15)22)17(23-9-2-3-10-23)13-21-27(24,25)19-7-6-18(20)26-19/h4-7,12,17,21H,2-3,8-11,13H2,1H3/t17-/m0/s1. The van der Waals surface area contributed by atoms with Crippen molar-refractivity contribution in [1.29, 1.82) is 0 Å². The van der Waals surface area contributed by atoms with Crippen molar-refractivity contribution < 1.29 is 8.42 Å². The number of hydrogen-bond donors (Lipinski definition) is 1. The number of likely N-dealkylation sites (tertiary alicyclic amines) is 1. The Morgan fingerprint density at radius 1 is 1.19 bits per heavy atom. The van der Waals surface area contributed by atoms with Gasteiger partial charge in [0.05, 0.1) is 4.34 Å². The molecule has 8 heteroatoms. The summed E-state index contributed by atoms with van der Waals surface area (Å²) >= 11 is 7.00. The Balaban J connectivity index is 1.57. The third kappa shape index (κ3) is 4.03. The molecule has 1 atom stereocenters. The van der Waals surface area contributed by atoms with Crippen LogP contribution in [0.15, 0.2) is 34.5 Å². The van der Waals surface area contributed by atoms with Gasteiger partial charge in [-0.1, -0.05) is 23.7 Å². The summed E-state index contributed by atoms with van der Waals surface area (Å²) in [6.07, 6.45) is 3.38. The number of halogens is 1. The van der Waals surface area contributed by atoms with Crippen LogP contribution in [0.3, 0.4) is 0 Å². The molecule has 5 nitrogen and oxygen atoms in total. The first-order valence-corrected chi connectivity index (χ1v) is 11.9. The third-order valence-electron chi connectivity index (χ3n) is 5.48. The zero-order chi connectivity index (χ0) is 19.0. The van der Waals surface area contributed by atoms with Crippen LogP contribution in [0.2, 0.25) is 4.34 Å². The van der Waals surface area contributed by atoms with Crippen molar-refractivity contribution in [2.24, 2.45) is 0 Å². The van der Waals surface area contributed by atoms with E-state index >= 15 is 0 Å². The Bertz CT molecular complexity index is 923. The van der Waals surface area contributed by atoms with E-state index < -0.39 is 10.0 Å². The maximum absolute atomic E-state index is 12.6. The number of fused-ring (bicyclic) bond motifs is 1. The Hall–Kier alpha value is -1.12. The first-order valence-electron chi connectivity index (χ1n) is 9.27. The zero-order valence-corrected chi connectivity index (χ0v) is 17.7. The molecule has 27 heavy (non-hydrogen) atoms. The second kappa shape index (κ2) is 7.72. The van der Waals surface area contributed by atoms with Gasteiger partial charge in [0.25, 0.3) is 0 Å². The highest BCUT2D eigenvalue weighted by atomic mass is 35.5. The second-order valence-electron chi connectivity index (χ2n) is 7.23. The summed E-state index contributed by atoms with van der Waals surface area (Å²) in [4.78, 5) is 4.66. The van der Waals surface area contributed by atoms with Crippen molar-refractivity contribution in [3.8, 4) is 0 Å². The maximum atomic E-state index is 12.6. The van der Waals surface area contributed by atoms with Gasteiger partial charge in [0.1, 0.15) is 4.21 Å². The van der Waals surface area contributed by atoms with Gasteiger partial charge in [0.2, 0.25) is 10.0 Å². The summed E-state index contributed by atoms with van der Waals surface area (Å²) in [7, 11) is -1.43. The quantitative estimate of drug-likeness (QED) is 0.769. The number of hydrogen-bond acceptors (Lipinski definition) is 5. The molecule has 2 aliphatic rings. The minimum absolute atomic E-state index is 0.0499. The molecule has 0 saturated carbocycles. The number of sulfonamides is 1. The normalized spacial score (nSPS) is 18.8. The molecule has 0 spiro atoms. The van der Waals surface area contributed by atoms with Gasteiger partial charge < -0.3 is 4.90 Å². The number of nitrogens with zero attached hydrogens (tertiary/aromatic N) is 2. The molecule has 0 unspecified atom stereocenters. The predicted octanol–water partition coefficient (Wildman–Crippen LogP) is 3.51. The van der Waals surface area contributed by atoms with Crippen molar-refractivity contribution in [3.63, 3.8) is 0 Å². The number of benzene rings is 1. The first kappa shape index (κ1) is 19.2. The summed E-state index contributed by atoms with van der Waals surface area (Å²) < 4.78 is 28.8. The molecule has 0 bridgehead atoms. The number of rotatable bonds is 6. The first-order chi connectivity index (χ1) is 12.9. The van der Waals surface area contributed by atoms with Crippen LogP contribution in [0.5, 0.6) is 0 Å². The van der Waals surface area contributed by atoms with E-state index in [4.69, 9.17) is 11.6 Å². The predicted molar refractivity (Wildman–Crippen MR) is 111 cm³/mol. The number of thiophene rings is 1. The molecule has 1 aromatic carbocycles. The smallest absolute Gasteiger partial charge is 0.250 e. The lowest BCUT2D eigenvalue weighted by Gasteiger charge is -2.28. The van der Waals surface area contributed by atoms with Crippen molar-refractivity contribution >= 4 is 38.6 Å². The van der Waals surface area contributed by atoms with E-state index in [1.165, 1.54) is 16.8 Å². The summed E-state index contributed by atoms with van der Waals surface area (Å²) in [6, 6.07) is 9.82. The van der Waals surface area contributed by atoms with E-state index in [1.807, 2.05) is 0 Å². The molecule has 0 amide bonds. The lowest BCUT2D eigenvalue weighted by molar-refractivity contribution is 0.246. The fourth-order valence-electron chi connectivity index (χ4n) is 4.01. The van der Waals surface area contributed by atoms with Crippen molar-refractivity contribution in [3.05, 3.63) is 45.8 Å². The van der Waals surface area contributed by atoms with E-state index in [2.05, 4.69) is 39.8 Å². The topological polar surface area (TPSA) is 52.7 Å². The molecule has 1 saturated heterocycles. The highest BCUT2D eigenvalue weighted by Crippen LogP contribution is 2.33. The minimum Gasteiger partial charge on any atom is -0.374 e. The van der Waals surface area contributed by atoms with Gasteiger partial charge >= 0.3 is 0 Å². The molecule has 146 valence electrons. The summed E-state index contributed by atoms with van der Waals surface area (Å²) in [5, 5.41) is 0. The number of likely N-dealkylation sites (N-methyl/N-ethyl adjacent to an activating group) is 1. The Morgan fingerprint density at radius 2 is 1.96 bits per heavy atom. The van der Waals surface area contributed by atoms with Gasteiger partial charge in [0, 0.05) is 31.9 Å². The molecule has 0 aliphatic carbocycles. The average Bonchev–Trinajstić information content (AvgIpc) is 3.38. The molecule has 2 aromatic rings. The largest absolute Gasteiger partial charge is 0.374 e. The zero-order valence-electron chi connectivity index (χ0n) is 15.3. The van der Waals surface area contributed by atoms with Gasteiger partial charge in [-0.15, -0.1) is 11.3 Å². The number of anilines is 1. The van der Waals surface area contributed by atoms with Crippen LogP contribution in [0.4, 0.5) is 5.69 Å². The Labute approximate surface area is 170 Å². The minimum atomic E-state index is -3.54. The molecule has 4 rings (SSSR count). The summed E-state index contributed by atoms with van der Waals surface area (Å²) in [5.41, 5.74) is 3.83. The molecular weight excluding hydrogens is 402 g/mol. The Morgan fingerprint density at radius 3 is 2.67 bits per heavy atom. The molecule has 1 fully saturated rings. The second-order valence-corrected chi connectivity index (χ2v) is 10.9. The van der Waals surface area contributed by atoms with E-state index in [1.54, 1.807) is 12.1 Å². The molecule has 3 heterocycles. The van der Waals surface area contributed by atoms with Crippen LogP contribution >= 0.6 is 22.9 Å². The van der Waals surface area contributed by atoms with Crippen LogP contribution in [-0.2, 0) is 16.4 Å². The maximum Gasteiger partial charge on any atom is 0.250 e. The van der Waals surface area contributed by atoms with Crippen LogP contribution in [-0.4, -0.2) is 46.5 Å². The molecule has 2 aliphatic heterocycles. The van der Waals surface area contributed by atoms with Gasteiger partial charge in [-0.3, -0.25) is 4.90 Å². The van der Waals surface area contributed by atoms with Gasteiger partial charge in [-0.25, -0.2) is 13.1 Å². The van der Waals surface area contributed by atoms with Crippen LogP contribution in [0.25, 0.3) is 0 Å². The molecule has 0 radical (unpaired) electrons. The molecule has 1 N–H and O–H groups in total. The van der Waals surface area contributed by atoms with Crippen LogP contribution in [0.1, 0.15) is 30.0 Å². The van der Waals surface area contributed by atoms with Crippen LogP contribution in [0, 0.1) is 0 Å². The summed E-state index contributed by atoms with van der Waals surface area (Å²) in [5.74, 6) is 0. The van der Waals surface area contributed by atoms with E-state index in [0.29, 0.717) is 10.9 Å². The average molecular weight is 426 g/mol. The number of nitrogens with one attached hydrogen (secondary N) is 1. The van der Waals surface area contributed by atoms with E-state index in [-0.39, 0.29) is 10.3 Å². The van der Waals surface area contributed by atoms with Gasteiger partial charge in [-0.2, -0.15) is 0 Å².